The molecule has 0 spiro atoms. The van der Waals surface area contributed by atoms with Gasteiger partial charge in [-0.2, -0.15) is 0 Å². The van der Waals surface area contributed by atoms with E-state index in [1.54, 1.807) is 0 Å². The Labute approximate surface area is 83.4 Å². The second kappa shape index (κ2) is 4.06. The predicted molar refractivity (Wildman–Crippen MR) is 46.8 cm³/mol. The van der Waals surface area contributed by atoms with E-state index in [-0.39, 0.29) is 5.56 Å². The van der Waals surface area contributed by atoms with Crippen LogP contribution < -0.4 is 10.5 Å². The van der Waals surface area contributed by atoms with E-state index in [4.69, 9.17) is 11.6 Å². The number of para-hydroxylation sites is 1. The molecule has 0 bridgehead atoms. The van der Waals surface area contributed by atoms with Crippen LogP contribution in [0.2, 0.25) is 0 Å². The fourth-order valence-corrected chi connectivity index (χ4v) is 1.02. The number of carbonyl (C=O) groups excluding carboxylic acids is 2. The van der Waals surface area contributed by atoms with Crippen molar-refractivity contribution >= 4 is 22.9 Å². The number of benzene rings is 1. The van der Waals surface area contributed by atoms with Crippen LogP contribution in [0, 0.1) is 5.82 Å². The van der Waals surface area contributed by atoms with Crippen molar-refractivity contribution in [2.45, 2.75) is 0 Å². The maximum Gasteiger partial charge on any atom is 0.410 e. The highest BCUT2D eigenvalue weighted by Crippen LogP contribution is 2.23. The molecule has 1 aromatic carbocycles. The molecule has 4 nitrogen and oxygen atoms in total. The van der Waals surface area contributed by atoms with E-state index in [0.717, 1.165) is 6.07 Å². The molecular formula is C8H5ClFNO3. The summed E-state index contributed by atoms with van der Waals surface area (Å²) >= 11 is 5.13. The second-order valence-electron chi connectivity index (χ2n) is 2.31. The highest BCUT2D eigenvalue weighted by molar-refractivity contribution is 6.68. The summed E-state index contributed by atoms with van der Waals surface area (Å²) in [6.45, 7) is 0. The number of halogens is 2. The molecule has 2 N–H and O–H groups in total. The molecule has 0 saturated heterocycles. The van der Waals surface area contributed by atoms with Crippen molar-refractivity contribution in [1.29, 1.82) is 0 Å². The summed E-state index contributed by atoms with van der Waals surface area (Å²) in [4.78, 5) is 21.1. The molecule has 14 heavy (non-hydrogen) atoms. The molecule has 0 radical (unpaired) electrons. The summed E-state index contributed by atoms with van der Waals surface area (Å²) in [6.07, 6.45) is -1.21. The number of hydrogen-bond donors (Lipinski definition) is 1. The smallest absolute Gasteiger partial charge is 0.407 e. The van der Waals surface area contributed by atoms with E-state index >= 15 is 0 Å². The zero-order valence-corrected chi connectivity index (χ0v) is 7.55. The van der Waals surface area contributed by atoms with Gasteiger partial charge in [-0.25, -0.2) is 9.18 Å². The second-order valence-corrected chi connectivity index (χ2v) is 2.65. The molecule has 1 rings (SSSR count). The van der Waals surface area contributed by atoms with Gasteiger partial charge < -0.3 is 10.5 Å². The van der Waals surface area contributed by atoms with Crippen molar-refractivity contribution in [1.82, 2.24) is 0 Å². The number of amides is 1. The summed E-state index contributed by atoms with van der Waals surface area (Å²) in [5.74, 6) is -1.43. The van der Waals surface area contributed by atoms with Crippen LogP contribution >= 0.6 is 11.6 Å². The molecular weight excluding hydrogens is 213 g/mol. The first-order valence-electron chi connectivity index (χ1n) is 3.48. The minimum Gasteiger partial charge on any atom is -0.407 e. The highest BCUT2D eigenvalue weighted by Gasteiger charge is 2.16. The van der Waals surface area contributed by atoms with Gasteiger partial charge in [0, 0.05) is 0 Å². The summed E-state index contributed by atoms with van der Waals surface area (Å²) in [7, 11) is 0. The number of rotatable bonds is 2. The normalized spacial score (nSPS) is 9.57. The SMILES string of the molecule is NC(=O)Oc1c(F)cccc1C(=O)Cl. The molecule has 0 aromatic heterocycles. The molecule has 1 amide bonds. The van der Waals surface area contributed by atoms with Crippen molar-refractivity contribution < 1.29 is 18.7 Å². The molecule has 1 aromatic rings. The summed E-state index contributed by atoms with van der Waals surface area (Å²) < 4.78 is 17.3. The third-order valence-electron chi connectivity index (χ3n) is 1.38. The zero-order chi connectivity index (χ0) is 10.7. The maximum absolute atomic E-state index is 13.0. The first kappa shape index (κ1) is 10.5. The van der Waals surface area contributed by atoms with Gasteiger partial charge in [0.25, 0.3) is 5.24 Å². The summed E-state index contributed by atoms with van der Waals surface area (Å²) in [5.41, 5.74) is 4.44. The van der Waals surface area contributed by atoms with Gasteiger partial charge in [0.1, 0.15) is 0 Å². The molecule has 0 heterocycles. The topological polar surface area (TPSA) is 69.4 Å². The number of nitrogens with two attached hydrogens (primary N) is 1. The van der Waals surface area contributed by atoms with E-state index in [1.165, 1.54) is 12.1 Å². The van der Waals surface area contributed by atoms with Crippen molar-refractivity contribution in [2.24, 2.45) is 5.73 Å². The van der Waals surface area contributed by atoms with Gasteiger partial charge >= 0.3 is 6.09 Å². The van der Waals surface area contributed by atoms with Crippen LogP contribution in [0.15, 0.2) is 18.2 Å². The Morgan fingerprint density at radius 3 is 2.57 bits per heavy atom. The quantitative estimate of drug-likeness (QED) is 0.766. The Morgan fingerprint density at radius 1 is 1.43 bits per heavy atom. The van der Waals surface area contributed by atoms with Gasteiger partial charge in [-0.1, -0.05) is 6.07 Å². The van der Waals surface area contributed by atoms with Crippen molar-refractivity contribution in [3.05, 3.63) is 29.6 Å². The number of primary amides is 1. The minimum absolute atomic E-state index is 0.245. The van der Waals surface area contributed by atoms with Gasteiger partial charge in [-0.05, 0) is 23.7 Å². The zero-order valence-electron chi connectivity index (χ0n) is 6.79. The average molecular weight is 218 g/mol. The van der Waals surface area contributed by atoms with E-state index in [1.807, 2.05) is 0 Å². The number of hydrogen-bond acceptors (Lipinski definition) is 3. The van der Waals surface area contributed by atoms with E-state index in [9.17, 15) is 14.0 Å². The van der Waals surface area contributed by atoms with Crippen LogP contribution in [0.1, 0.15) is 10.4 Å². The Bertz CT molecular complexity index is 394. The van der Waals surface area contributed by atoms with Crippen LogP contribution in [0.3, 0.4) is 0 Å². The maximum atomic E-state index is 13.0. The van der Waals surface area contributed by atoms with Gasteiger partial charge in [-0.3, -0.25) is 4.79 Å². The molecule has 6 heteroatoms. The van der Waals surface area contributed by atoms with Crippen LogP contribution in [0.5, 0.6) is 5.75 Å². The lowest BCUT2D eigenvalue weighted by Gasteiger charge is -2.05. The van der Waals surface area contributed by atoms with Gasteiger partial charge in [-0.15, -0.1) is 0 Å². The molecule has 74 valence electrons. The van der Waals surface area contributed by atoms with Gasteiger partial charge in [0.15, 0.2) is 11.6 Å². The molecule has 0 unspecified atom stereocenters. The van der Waals surface area contributed by atoms with E-state index in [2.05, 4.69) is 10.5 Å². The largest absolute Gasteiger partial charge is 0.410 e. The monoisotopic (exact) mass is 217 g/mol. The number of carbonyl (C=O) groups is 2. The first-order chi connectivity index (χ1) is 6.52. The average Bonchev–Trinajstić information content (AvgIpc) is 2.07. The van der Waals surface area contributed by atoms with Gasteiger partial charge in [0.05, 0.1) is 5.56 Å². The van der Waals surface area contributed by atoms with Crippen LogP contribution in [0.25, 0.3) is 0 Å². The van der Waals surface area contributed by atoms with Gasteiger partial charge in [0.2, 0.25) is 0 Å². The fraction of sp³-hybridized carbons (Fsp3) is 0. The third-order valence-corrected chi connectivity index (χ3v) is 1.58. The minimum atomic E-state index is -1.21. The molecule has 0 aliphatic rings. The van der Waals surface area contributed by atoms with Crippen LogP contribution in [0.4, 0.5) is 9.18 Å². The Balaban J connectivity index is 3.22. The van der Waals surface area contributed by atoms with Crippen molar-refractivity contribution in [3.63, 3.8) is 0 Å². The lowest BCUT2D eigenvalue weighted by molar-refractivity contribution is 0.107. The standard InChI is InChI=1S/C8H5ClFNO3/c9-7(12)4-2-1-3-5(10)6(4)14-8(11)13/h1-3H,(H2,11,13). The van der Waals surface area contributed by atoms with E-state index < -0.39 is 22.9 Å². The first-order valence-corrected chi connectivity index (χ1v) is 3.86. The highest BCUT2D eigenvalue weighted by atomic mass is 35.5. The molecule has 0 aliphatic heterocycles. The molecule has 0 atom stereocenters. The third kappa shape index (κ3) is 2.20. The summed E-state index contributed by atoms with van der Waals surface area (Å²) in [6, 6.07) is 3.50. The van der Waals surface area contributed by atoms with Crippen LogP contribution in [-0.2, 0) is 0 Å². The Hall–Kier alpha value is -1.62. The molecule has 0 aliphatic carbocycles. The Kier molecular flexibility index (Phi) is 3.03. The van der Waals surface area contributed by atoms with Crippen molar-refractivity contribution in [2.75, 3.05) is 0 Å². The molecule has 0 saturated carbocycles. The fourth-order valence-electron chi connectivity index (χ4n) is 0.868. The molecule has 0 fully saturated rings. The van der Waals surface area contributed by atoms with Crippen molar-refractivity contribution in [3.8, 4) is 5.75 Å². The summed E-state index contributed by atoms with van der Waals surface area (Å²) in [5, 5.41) is -0.930. The van der Waals surface area contributed by atoms with Crippen LogP contribution in [-0.4, -0.2) is 11.3 Å². The van der Waals surface area contributed by atoms with E-state index in [0.29, 0.717) is 0 Å². The Morgan fingerprint density at radius 2 is 2.07 bits per heavy atom. The number of ether oxygens (including phenoxy) is 1. The lowest BCUT2D eigenvalue weighted by atomic mass is 10.2. The lowest BCUT2D eigenvalue weighted by Crippen LogP contribution is -2.18. The predicted octanol–water partition coefficient (Wildman–Crippen LogP) is 1.66.